The number of aromatic nitrogens is 3. The predicted molar refractivity (Wildman–Crippen MR) is 147 cm³/mol. The fraction of sp³-hybridized carbons (Fsp3) is 0.370. The lowest BCUT2D eigenvalue weighted by Crippen LogP contribution is -2.33. The number of fused-ring (bicyclic) bond motifs is 1. The van der Waals surface area contributed by atoms with Gasteiger partial charge in [0.15, 0.2) is 11.0 Å². The van der Waals surface area contributed by atoms with E-state index in [1.807, 2.05) is 36.6 Å². The summed E-state index contributed by atoms with van der Waals surface area (Å²) >= 11 is 2.78. The maximum absolute atomic E-state index is 12.9. The Bertz CT molecular complexity index is 1320. The van der Waals surface area contributed by atoms with Crippen LogP contribution in [0.2, 0.25) is 0 Å². The molecule has 0 aliphatic heterocycles. The van der Waals surface area contributed by atoms with Crippen molar-refractivity contribution in [3.63, 3.8) is 0 Å². The minimum absolute atomic E-state index is 0.0517. The van der Waals surface area contributed by atoms with Gasteiger partial charge in [-0.15, -0.1) is 28.1 Å². The van der Waals surface area contributed by atoms with Crippen molar-refractivity contribution in [3.05, 3.63) is 70.4 Å². The molecule has 8 nitrogen and oxygen atoms in total. The van der Waals surface area contributed by atoms with E-state index in [1.54, 1.807) is 18.2 Å². The zero-order valence-corrected chi connectivity index (χ0v) is 22.6. The molecule has 1 atom stereocenters. The molecule has 3 aromatic rings. The number of nitriles is 1. The van der Waals surface area contributed by atoms with Gasteiger partial charge >= 0.3 is 0 Å². The third-order valence-electron chi connectivity index (χ3n) is 6.19. The average molecular weight is 535 g/mol. The summed E-state index contributed by atoms with van der Waals surface area (Å²) in [6, 6.07) is 10.9. The Labute approximate surface area is 225 Å². The van der Waals surface area contributed by atoms with Crippen LogP contribution in [0.4, 0.5) is 5.00 Å². The largest absolute Gasteiger partial charge is 0.342 e. The van der Waals surface area contributed by atoms with Gasteiger partial charge in [-0.2, -0.15) is 5.26 Å². The molecule has 0 radical (unpaired) electrons. The SMILES string of the molecule is C=CCn1c(SCC(=O)Nc2sc3c(c2C#N)CCCC3)nnc1[C@H](NC(=O)c1ccccc1)C(C)C. The first-order valence-electron chi connectivity index (χ1n) is 12.3. The van der Waals surface area contributed by atoms with E-state index < -0.39 is 0 Å². The summed E-state index contributed by atoms with van der Waals surface area (Å²) in [5.41, 5.74) is 2.26. The number of allylic oxidation sites excluding steroid dienone is 1. The fourth-order valence-electron chi connectivity index (χ4n) is 4.35. The zero-order chi connectivity index (χ0) is 26.4. The molecule has 0 fully saturated rings. The summed E-state index contributed by atoms with van der Waals surface area (Å²) in [4.78, 5) is 26.9. The molecule has 4 rings (SSSR count). The number of nitrogens with one attached hydrogen (secondary N) is 2. The van der Waals surface area contributed by atoms with Crippen molar-refractivity contribution in [2.45, 2.75) is 57.3 Å². The lowest BCUT2D eigenvalue weighted by molar-refractivity contribution is -0.113. The van der Waals surface area contributed by atoms with Crippen LogP contribution in [-0.2, 0) is 24.2 Å². The van der Waals surface area contributed by atoms with Crippen molar-refractivity contribution < 1.29 is 9.59 Å². The lowest BCUT2D eigenvalue weighted by Gasteiger charge is -2.22. The molecule has 1 aliphatic rings. The Kier molecular flexibility index (Phi) is 8.79. The molecule has 2 amide bonds. The molecule has 0 saturated carbocycles. The van der Waals surface area contributed by atoms with Gasteiger partial charge in [0, 0.05) is 17.0 Å². The van der Waals surface area contributed by atoms with Gasteiger partial charge in [-0.05, 0) is 49.3 Å². The number of nitrogens with zero attached hydrogens (tertiary/aromatic N) is 4. The van der Waals surface area contributed by atoms with Crippen LogP contribution in [0.15, 0.2) is 48.1 Å². The minimum atomic E-state index is -0.376. The van der Waals surface area contributed by atoms with Crippen molar-refractivity contribution in [1.29, 1.82) is 5.26 Å². The number of amides is 2. The van der Waals surface area contributed by atoms with E-state index in [9.17, 15) is 14.9 Å². The number of hydrogen-bond acceptors (Lipinski definition) is 7. The highest BCUT2D eigenvalue weighted by Gasteiger charge is 2.27. The van der Waals surface area contributed by atoms with E-state index >= 15 is 0 Å². The van der Waals surface area contributed by atoms with Gasteiger partial charge < -0.3 is 15.2 Å². The smallest absolute Gasteiger partial charge is 0.251 e. The second-order valence-electron chi connectivity index (χ2n) is 9.16. The molecule has 1 aliphatic carbocycles. The molecule has 192 valence electrons. The van der Waals surface area contributed by atoms with Gasteiger partial charge in [0.05, 0.1) is 17.4 Å². The number of thiophene rings is 1. The molecule has 0 bridgehead atoms. The van der Waals surface area contributed by atoms with Gasteiger partial charge in [0.1, 0.15) is 11.1 Å². The van der Waals surface area contributed by atoms with Gasteiger partial charge in [-0.1, -0.05) is 49.9 Å². The van der Waals surface area contributed by atoms with Crippen molar-refractivity contribution in [2.75, 3.05) is 11.1 Å². The molecule has 2 aromatic heterocycles. The fourth-order valence-corrected chi connectivity index (χ4v) is 6.36. The monoisotopic (exact) mass is 534 g/mol. The van der Waals surface area contributed by atoms with E-state index in [2.05, 4.69) is 33.5 Å². The summed E-state index contributed by atoms with van der Waals surface area (Å²) in [7, 11) is 0. The van der Waals surface area contributed by atoms with E-state index in [4.69, 9.17) is 0 Å². The average Bonchev–Trinajstić information content (AvgIpc) is 3.46. The third-order valence-corrected chi connectivity index (χ3v) is 8.37. The van der Waals surface area contributed by atoms with Crippen molar-refractivity contribution in [1.82, 2.24) is 20.1 Å². The number of carbonyl (C=O) groups excluding carboxylic acids is 2. The summed E-state index contributed by atoms with van der Waals surface area (Å²) < 4.78 is 1.88. The van der Waals surface area contributed by atoms with Crippen LogP contribution in [0.3, 0.4) is 0 Å². The highest BCUT2D eigenvalue weighted by Crippen LogP contribution is 2.37. The first-order valence-corrected chi connectivity index (χ1v) is 14.1. The highest BCUT2D eigenvalue weighted by molar-refractivity contribution is 7.99. The molecule has 2 heterocycles. The topological polar surface area (TPSA) is 113 Å². The van der Waals surface area contributed by atoms with Crippen LogP contribution in [0.25, 0.3) is 0 Å². The van der Waals surface area contributed by atoms with E-state index in [1.165, 1.54) is 28.0 Å². The number of carbonyl (C=O) groups is 2. The normalized spacial score (nSPS) is 13.5. The Hall–Kier alpha value is -3.42. The third kappa shape index (κ3) is 6.12. The molecule has 0 saturated heterocycles. The molecule has 0 unspecified atom stereocenters. The van der Waals surface area contributed by atoms with E-state index in [-0.39, 0.29) is 29.5 Å². The lowest BCUT2D eigenvalue weighted by atomic mass is 9.96. The molecule has 1 aromatic carbocycles. The number of hydrogen-bond donors (Lipinski definition) is 2. The summed E-state index contributed by atoms with van der Waals surface area (Å²) in [6.07, 6.45) is 5.79. The quantitative estimate of drug-likeness (QED) is 0.275. The Morgan fingerprint density at radius 2 is 2.00 bits per heavy atom. The van der Waals surface area contributed by atoms with Crippen LogP contribution in [0.5, 0.6) is 0 Å². The van der Waals surface area contributed by atoms with Gasteiger partial charge in [-0.25, -0.2) is 0 Å². The van der Waals surface area contributed by atoms with Crippen LogP contribution >= 0.6 is 23.1 Å². The van der Waals surface area contributed by atoms with Crippen molar-refractivity contribution >= 4 is 39.9 Å². The first kappa shape index (κ1) is 26.6. The second kappa shape index (κ2) is 12.2. The molecule has 37 heavy (non-hydrogen) atoms. The van der Waals surface area contributed by atoms with Crippen LogP contribution in [0, 0.1) is 17.2 Å². The van der Waals surface area contributed by atoms with Crippen LogP contribution in [0.1, 0.15) is 64.9 Å². The molecule has 0 spiro atoms. The summed E-state index contributed by atoms with van der Waals surface area (Å²) in [6.45, 7) is 8.31. The maximum atomic E-state index is 12.9. The maximum Gasteiger partial charge on any atom is 0.251 e. The Morgan fingerprint density at radius 1 is 1.24 bits per heavy atom. The molecular formula is C27H30N6O2S2. The number of benzene rings is 1. The minimum Gasteiger partial charge on any atom is -0.342 e. The van der Waals surface area contributed by atoms with Gasteiger partial charge in [-0.3, -0.25) is 9.59 Å². The number of rotatable bonds is 10. The predicted octanol–water partition coefficient (Wildman–Crippen LogP) is 5.13. The number of thioether (sulfide) groups is 1. The number of aryl methyl sites for hydroxylation is 1. The summed E-state index contributed by atoms with van der Waals surface area (Å²) in [5.74, 6) is 0.391. The van der Waals surface area contributed by atoms with Crippen LogP contribution < -0.4 is 10.6 Å². The first-order chi connectivity index (χ1) is 17.9. The van der Waals surface area contributed by atoms with Gasteiger partial charge in [0.25, 0.3) is 5.91 Å². The van der Waals surface area contributed by atoms with E-state index in [0.29, 0.717) is 33.7 Å². The highest BCUT2D eigenvalue weighted by atomic mass is 32.2. The van der Waals surface area contributed by atoms with Gasteiger partial charge in [0.2, 0.25) is 5.91 Å². The Morgan fingerprint density at radius 3 is 2.70 bits per heavy atom. The molecule has 2 N–H and O–H groups in total. The molecule has 10 heteroatoms. The van der Waals surface area contributed by atoms with E-state index in [0.717, 1.165) is 31.2 Å². The Balaban J connectivity index is 1.48. The number of anilines is 1. The second-order valence-corrected chi connectivity index (χ2v) is 11.2. The van der Waals surface area contributed by atoms with Crippen molar-refractivity contribution in [2.24, 2.45) is 5.92 Å². The molecular weight excluding hydrogens is 504 g/mol. The van der Waals surface area contributed by atoms with Crippen LogP contribution in [-0.4, -0.2) is 32.3 Å². The van der Waals surface area contributed by atoms with Crippen molar-refractivity contribution in [3.8, 4) is 6.07 Å². The summed E-state index contributed by atoms with van der Waals surface area (Å²) in [5, 5.41) is 25.6. The zero-order valence-electron chi connectivity index (χ0n) is 21.0. The standard InChI is InChI=1S/C27H30N6O2S2/c1-4-14-33-24(23(17(2)3)30-25(35)18-10-6-5-7-11-18)31-32-27(33)36-16-22(34)29-26-20(15-28)19-12-8-9-13-21(19)37-26/h4-7,10-11,17,23H,1,8-9,12-14,16H2,2-3H3,(H,29,34)(H,30,35)/t23-/m1/s1.